The SMILES string of the molecule is COCCCNC(=O)C(C)Sc1ccc2ccccc2n1. The smallest absolute Gasteiger partial charge is 0.233 e. The number of fused-ring (bicyclic) bond motifs is 1. The van der Waals surface area contributed by atoms with E-state index in [2.05, 4.69) is 10.3 Å². The summed E-state index contributed by atoms with van der Waals surface area (Å²) >= 11 is 1.48. The summed E-state index contributed by atoms with van der Waals surface area (Å²) < 4.78 is 4.95. The monoisotopic (exact) mass is 304 g/mol. The summed E-state index contributed by atoms with van der Waals surface area (Å²) in [6.07, 6.45) is 0.827. The van der Waals surface area contributed by atoms with Gasteiger partial charge in [0.25, 0.3) is 0 Å². The number of hydrogen-bond acceptors (Lipinski definition) is 4. The highest BCUT2D eigenvalue weighted by atomic mass is 32.2. The molecule has 1 heterocycles. The summed E-state index contributed by atoms with van der Waals surface area (Å²) in [7, 11) is 1.66. The fraction of sp³-hybridized carbons (Fsp3) is 0.375. The van der Waals surface area contributed by atoms with Gasteiger partial charge in [-0.25, -0.2) is 4.98 Å². The number of hydrogen-bond donors (Lipinski definition) is 1. The molecule has 1 aromatic carbocycles. The van der Waals surface area contributed by atoms with Crippen molar-refractivity contribution in [1.82, 2.24) is 10.3 Å². The third kappa shape index (κ3) is 4.72. The zero-order chi connectivity index (χ0) is 15.1. The summed E-state index contributed by atoms with van der Waals surface area (Å²) in [5.74, 6) is 0.0334. The summed E-state index contributed by atoms with van der Waals surface area (Å²) in [6.45, 7) is 3.20. The third-order valence-electron chi connectivity index (χ3n) is 3.06. The summed E-state index contributed by atoms with van der Waals surface area (Å²) in [6, 6.07) is 12.0. The second-order valence-corrected chi connectivity index (χ2v) is 6.10. The van der Waals surface area contributed by atoms with Crippen molar-refractivity contribution < 1.29 is 9.53 Å². The predicted molar refractivity (Wildman–Crippen MR) is 86.6 cm³/mol. The first-order valence-corrected chi connectivity index (χ1v) is 7.88. The molecule has 0 saturated heterocycles. The lowest BCUT2D eigenvalue weighted by molar-refractivity contribution is -0.120. The van der Waals surface area contributed by atoms with E-state index in [1.54, 1.807) is 7.11 Å². The Bertz CT molecular complexity index is 604. The van der Waals surface area contributed by atoms with Crippen molar-refractivity contribution in [2.45, 2.75) is 23.6 Å². The molecule has 1 unspecified atom stereocenters. The van der Waals surface area contributed by atoms with Gasteiger partial charge in [0.15, 0.2) is 0 Å². The second-order valence-electron chi connectivity index (χ2n) is 4.74. The molecular weight excluding hydrogens is 284 g/mol. The topological polar surface area (TPSA) is 51.2 Å². The van der Waals surface area contributed by atoms with Crippen LogP contribution in [0.4, 0.5) is 0 Å². The van der Waals surface area contributed by atoms with Crippen molar-refractivity contribution in [2.75, 3.05) is 20.3 Å². The fourth-order valence-electron chi connectivity index (χ4n) is 1.92. The Morgan fingerprint density at radius 2 is 2.14 bits per heavy atom. The van der Waals surface area contributed by atoms with E-state index >= 15 is 0 Å². The molecule has 0 fully saturated rings. The van der Waals surface area contributed by atoms with Gasteiger partial charge in [0, 0.05) is 25.6 Å². The molecule has 1 atom stereocenters. The van der Waals surface area contributed by atoms with Gasteiger partial charge in [-0.05, 0) is 25.5 Å². The first-order chi connectivity index (χ1) is 10.2. The van der Waals surface area contributed by atoms with Crippen LogP contribution in [0.15, 0.2) is 41.4 Å². The van der Waals surface area contributed by atoms with E-state index in [0.717, 1.165) is 22.3 Å². The number of carbonyl (C=O) groups is 1. The molecule has 112 valence electrons. The normalized spacial score (nSPS) is 12.3. The van der Waals surface area contributed by atoms with Crippen LogP contribution in [0.2, 0.25) is 0 Å². The molecule has 1 N–H and O–H groups in total. The maximum absolute atomic E-state index is 12.0. The number of para-hydroxylation sites is 1. The van der Waals surface area contributed by atoms with Crippen LogP contribution in [-0.2, 0) is 9.53 Å². The Labute approximate surface area is 129 Å². The predicted octanol–water partition coefficient (Wildman–Crippen LogP) is 2.87. The molecule has 0 spiro atoms. The van der Waals surface area contributed by atoms with Crippen LogP contribution in [0, 0.1) is 0 Å². The van der Waals surface area contributed by atoms with E-state index < -0.39 is 0 Å². The lowest BCUT2D eigenvalue weighted by atomic mass is 10.2. The summed E-state index contributed by atoms with van der Waals surface area (Å²) in [5.41, 5.74) is 0.954. The molecule has 21 heavy (non-hydrogen) atoms. The van der Waals surface area contributed by atoms with E-state index in [1.807, 2.05) is 43.3 Å². The van der Waals surface area contributed by atoms with Gasteiger partial charge in [-0.3, -0.25) is 4.79 Å². The molecule has 0 bridgehead atoms. The Morgan fingerprint density at radius 1 is 1.33 bits per heavy atom. The molecular formula is C16H20N2O2S. The number of methoxy groups -OCH3 is 1. The molecule has 2 rings (SSSR count). The van der Waals surface area contributed by atoms with Gasteiger partial charge < -0.3 is 10.1 Å². The van der Waals surface area contributed by atoms with Gasteiger partial charge in [-0.15, -0.1) is 0 Å². The molecule has 0 aliphatic heterocycles. The average Bonchev–Trinajstić information content (AvgIpc) is 2.51. The number of pyridine rings is 1. The highest BCUT2D eigenvalue weighted by molar-refractivity contribution is 8.00. The molecule has 0 aliphatic carbocycles. The maximum atomic E-state index is 12.0. The maximum Gasteiger partial charge on any atom is 0.233 e. The minimum absolute atomic E-state index is 0.0334. The first-order valence-electron chi connectivity index (χ1n) is 7.00. The number of amides is 1. The third-order valence-corrected chi connectivity index (χ3v) is 4.10. The molecule has 5 heteroatoms. The van der Waals surface area contributed by atoms with Crippen molar-refractivity contribution in [1.29, 1.82) is 0 Å². The molecule has 4 nitrogen and oxygen atoms in total. The van der Waals surface area contributed by atoms with E-state index in [9.17, 15) is 4.79 Å². The minimum atomic E-state index is -0.166. The van der Waals surface area contributed by atoms with Crippen molar-refractivity contribution in [3.05, 3.63) is 36.4 Å². The minimum Gasteiger partial charge on any atom is -0.385 e. The van der Waals surface area contributed by atoms with Crippen LogP contribution in [0.1, 0.15) is 13.3 Å². The van der Waals surface area contributed by atoms with E-state index in [-0.39, 0.29) is 11.2 Å². The fourth-order valence-corrected chi connectivity index (χ4v) is 2.77. The summed E-state index contributed by atoms with van der Waals surface area (Å²) in [5, 5.41) is 4.72. The number of nitrogens with one attached hydrogen (secondary N) is 1. The van der Waals surface area contributed by atoms with Crippen molar-refractivity contribution in [3.63, 3.8) is 0 Å². The second kappa shape index (κ2) is 8.00. The highest BCUT2D eigenvalue weighted by Crippen LogP contribution is 2.23. The van der Waals surface area contributed by atoms with E-state index in [0.29, 0.717) is 13.2 Å². The van der Waals surface area contributed by atoms with Crippen LogP contribution in [0.5, 0.6) is 0 Å². The van der Waals surface area contributed by atoms with Crippen LogP contribution < -0.4 is 5.32 Å². The van der Waals surface area contributed by atoms with Gasteiger partial charge in [0.05, 0.1) is 15.8 Å². The Hall–Kier alpha value is -1.59. The standard InChI is InChI=1S/C16H20N2O2S/c1-12(16(19)17-10-5-11-20-2)21-15-9-8-13-6-3-4-7-14(13)18-15/h3-4,6-9,12H,5,10-11H2,1-2H3,(H,17,19). The van der Waals surface area contributed by atoms with Crippen LogP contribution in [0.25, 0.3) is 10.9 Å². The van der Waals surface area contributed by atoms with Gasteiger partial charge in [0.1, 0.15) is 0 Å². The Balaban J connectivity index is 1.91. The largest absolute Gasteiger partial charge is 0.385 e. The van der Waals surface area contributed by atoms with Crippen molar-refractivity contribution >= 4 is 28.6 Å². The Kier molecular flexibility index (Phi) is 6.02. The van der Waals surface area contributed by atoms with Crippen molar-refractivity contribution in [3.8, 4) is 0 Å². The lowest BCUT2D eigenvalue weighted by Gasteiger charge is -2.11. The molecule has 2 aromatic rings. The van der Waals surface area contributed by atoms with Gasteiger partial charge in [-0.2, -0.15) is 0 Å². The van der Waals surface area contributed by atoms with Crippen LogP contribution >= 0.6 is 11.8 Å². The molecule has 0 radical (unpaired) electrons. The number of rotatable bonds is 7. The first kappa shape index (κ1) is 15.8. The average molecular weight is 304 g/mol. The quantitative estimate of drug-likeness (QED) is 0.631. The Morgan fingerprint density at radius 3 is 2.95 bits per heavy atom. The molecule has 1 amide bonds. The number of ether oxygens (including phenoxy) is 1. The number of thioether (sulfide) groups is 1. The van der Waals surface area contributed by atoms with E-state index in [4.69, 9.17) is 4.74 Å². The number of carbonyl (C=O) groups excluding carboxylic acids is 1. The van der Waals surface area contributed by atoms with Crippen LogP contribution in [0.3, 0.4) is 0 Å². The number of nitrogens with zero attached hydrogens (tertiary/aromatic N) is 1. The van der Waals surface area contributed by atoms with Crippen LogP contribution in [-0.4, -0.2) is 36.4 Å². The number of benzene rings is 1. The van der Waals surface area contributed by atoms with Gasteiger partial charge in [0.2, 0.25) is 5.91 Å². The van der Waals surface area contributed by atoms with Gasteiger partial charge >= 0.3 is 0 Å². The zero-order valence-corrected chi connectivity index (χ0v) is 13.2. The zero-order valence-electron chi connectivity index (χ0n) is 12.3. The molecule has 1 aromatic heterocycles. The molecule has 0 aliphatic rings. The lowest BCUT2D eigenvalue weighted by Crippen LogP contribution is -2.32. The summed E-state index contributed by atoms with van der Waals surface area (Å²) in [4.78, 5) is 16.5. The van der Waals surface area contributed by atoms with Crippen molar-refractivity contribution in [2.24, 2.45) is 0 Å². The molecule has 0 saturated carbocycles. The van der Waals surface area contributed by atoms with E-state index in [1.165, 1.54) is 11.8 Å². The highest BCUT2D eigenvalue weighted by Gasteiger charge is 2.14. The van der Waals surface area contributed by atoms with Gasteiger partial charge in [-0.1, -0.05) is 36.0 Å². The number of aromatic nitrogens is 1.